The van der Waals surface area contributed by atoms with Crippen molar-refractivity contribution in [3.8, 4) is 11.5 Å². The maximum atomic E-state index is 5.72. The molecule has 176 valence electrons. The molecule has 1 fully saturated rings. The molecule has 0 radical (unpaired) electrons. The average Bonchev–Trinajstić information content (AvgIpc) is 2.80. The molecule has 7 nitrogen and oxygen atoms in total. The number of benzene rings is 1. The van der Waals surface area contributed by atoms with Gasteiger partial charge in [0.25, 0.3) is 0 Å². The predicted octanol–water partition coefficient (Wildman–Crippen LogP) is 2.61. The van der Waals surface area contributed by atoms with Crippen LogP contribution in [0.3, 0.4) is 0 Å². The molecular formula is C24H43N5O2. The largest absolute Gasteiger partial charge is 0.490 e. The molecular weight excluding hydrogens is 390 g/mol. The molecule has 0 saturated carbocycles. The van der Waals surface area contributed by atoms with E-state index < -0.39 is 0 Å². The van der Waals surface area contributed by atoms with Crippen molar-refractivity contribution >= 4 is 5.96 Å². The summed E-state index contributed by atoms with van der Waals surface area (Å²) in [5, 5.41) is 6.85. The van der Waals surface area contributed by atoms with Crippen LogP contribution in [-0.2, 0) is 6.42 Å². The highest BCUT2D eigenvalue weighted by molar-refractivity contribution is 5.79. The average molecular weight is 434 g/mol. The highest BCUT2D eigenvalue weighted by atomic mass is 16.5. The van der Waals surface area contributed by atoms with Crippen molar-refractivity contribution in [3.63, 3.8) is 0 Å². The van der Waals surface area contributed by atoms with E-state index >= 15 is 0 Å². The quantitative estimate of drug-likeness (QED) is 0.283. The number of unbranched alkanes of at least 4 members (excludes halogenated alkanes) is 1. The van der Waals surface area contributed by atoms with E-state index in [1.54, 1.807) is 0 Å². The van der Waals surface area contributed by atoms with Gasteiger partial charge in [-0.25, -0.2) is 0 Å². The van der Waals surface area contributed by atoms with E-state index in [0.717, 1.165) is 43.4 Å². The van der Waals surface area contributed by atoms with Crippen LogP contribution in [-0.4, -0.2) is 88.4 Å². The first-order valence-electron chi connectivity index (χ1n) is 12.0. The molecule has 31 heavy (non-hydrogen) atoms. The molecule has 1 saturated heterocycles. The SMILES string of the molecule is CCOc1ccc(CCNC(=NC)NCCCCN2CCN(CC)CC2)cc1OCC. The van der Waals surface area contributed by atoms with Crippen LogP contribution in [0.25, 0.3) is 0 Å². The van der Waals surface area contributed by atoms with Gasteiger partial charge in [0.05, 0.1) is 13.2 Å². The van der Waals surface area contributed by atoms with Crippen LogP contribution >= 0.6 is 0 Å². The minimum atomic E-state index is 0.632. The summed E-state index contributed by atoms with van der Waals surface area (Å²) >= 11 is 0. The zero-order chi connectivity index (χ0) is 22.3. The molecule has 1 aromatic rings. The Morgan fingerprint density at radius 2 is 1.58 bits per heavy atom. The van der Waals surface area contributed by atoms with Crippen molar-refractivity contribution in [2.45, 2.75) is 40.0 Å². The Labute approximate surface area is 189 Å². The van der Waals surface area contributed by atoms with Gasteiger partial charge in [-0.2, -0.15) is 0 Å². The van der Waals surface area contributed by atoms with E-state index in [2.05, 4.69) is 44.5 Å². The summed E-state index contributed by atoms with van der Waals surface area (Å²) in [5.41, 5.74) is 1.22. The van der Waals surface area contributed by atoms with Crippen molar-refractivity contribution in [1.29, 1.82) is 0 Å². The molecule has 1 aliphatic rings. The lowest BCUT2D eigenvalue weighted by molar-refractivity contribution is 0.136. The predicted molar refractivity (Wildman–Crippen MR) is 130 cm³/mol. The van der Waals surface area contributed by atoms with Gasteiger partial charge in [-0.3, -0.25) is 4.99 Å². The summed E-state index contributed by atoms with van der Waals surface area (Å²) in [6.45, 7) is 16.5. The highest BCUT2D eigenvalue weighted by Crippen LogP contribution is 2.28. The minimum absolute atomic E-state index is 0.632. The van der Waals surface area contributed by atoms with Gasteiger partial charge in [0.15, 0.2) is 17.5 Å². The zero-order valence-corrected chi connectivity index (χ0v) is 20.1. The molecule has 0 atom stereocenters. The lowest BCUT2D eigenvalue weighted by Gasteiger charge is -2.34. The van der Waals surface area contributed by atoms with Crippen LogP contribution in [0.1, 0.15) is 39.2 Å². The molecule has 1 aromatic carbocycles. The van der Waals surface area contributed by atoms with Gasteiger partial charge in [-0.15, -0.1) is 0 Å². The van der Waals surface area contributed by atoms with Gasteiger partial charge in [0, 0.05) is 46.3 Å². The summed E-state index contributed by atoms with van der Waals surface area (Å²) < 4.78 is 11.4. The Morgan fingerprint density at radius 1 is 0.903 bits per heavy atom. The Hall–Kier alpha value is -1.99. The summed E-state index contributed by atoms with van der Waals surface area (Å²) in [6, 6.07) is 6.18. The lowest BCUT2D eigenvalue weighted by Crippen LogP contribution is -2.46. The van der Waals surface area contributed by atoms with Gasteiger partial charge in [-0.1, -0.05) is 13.0 Å². The van der Waals surface area contributed by atoms with Crippen LogP contribution in [0.15, 0.2) is 23.2 Å². The van der Waals surface area contributed by atoms with Crippen LogP contribution in [0.5, 0.6) is 11.5 Å². The first kappa shape index (κ1) is 25.3. The van der Waals surface area contributed by atoms with Gasteiger partial charge >= 0.3 is 0 Å². The molecule has 1 aliphatic heterocycles. The Kier molecular flexibility index (Phi) is 12.2. The molecule has 7 heteroatoms. The second-order valence-electron chi connectivity index (χ2n) is 7.81. The van der Waals surface area contributed by atoms with Crippen LogP contribution in [0.2, 0.25) is 0 Å². The number of guanidine groups is 1. The number of ether oxygens (including phenoxy) is 2. The molecule has 0 aromatic heterocycles. The van der Waals surface area contributed by atoms with Crippen molar-refractivity contribution < 1.29 is 9.47 Å². The number of aliphatic imine (C=N–C) groups is 1. The number of likely N-dealkylation sites (N-methyl/N-ethyl adjacent to an activating group) is 1. The number of hydrogen-bond acceptors (Lipinski definition) is 5. The summed E-state index contributed by atoms with van der Waals surface area (Å²) in [4.78, 5) is 9.46. The van der Waals surface area contributed by atoms with Crippen molar-refractivity contribution in [2.75, 3.05) is 72.6 Å². The van der Waals surface area contributed by atoms with E-state index in [1.807, 2.05) is 27.0 Å². The molecule has 0 bridgehead atoms. The minimum Gasteiger partial charge on any atom is -0.490 e. The molecule has 0 spiro atoms. The maximum Gasteiger partial charge on any atom is 0.190 e. The van der Waals surface area contributed by atoms with E-state index in [4.69, 9.17) is 9.47 Å². The Bertz CT molecular complexity index is 645. The third-order valence-corrected chi connectivity index (χ3v) is 5.64. The fraction of sp³-hybridized carbons (Fsp3) is 0.708. The summed E-state index contributed by atoms with van der Waals surface area (Å²) in [5.74, 6) is 2.50. The molecule has 2 N–H and O–H groups in total. The topological polar surface area (TPSA) is 61.4 Å². The molecule has 1 heterocycles. The molecule has 2 rings (SSSR count). The number of nitrogens with one attached hydrogen (secondary N) is 2. The molecule has 0 aliphatic carbocycles. The third-order valence-electron chi connectivity index (χ3n) is 5.64. The standard InChI is InChI=1S/C24H43N5O2/c1-5-28-16-18-29(19-17-28)15-9-8-13-26-24(25-4)27-14-12-21-10-11-22(30-6-2)23(20-21)31-7-3/h10-11,20H,5-9,12-19H2,1-4H3,(H2,25,26,27). The van der Waals surface area contributed by atoms with Gasteiger partial charge < -0.3 is 29.9 Å². The van der Waals surface area contributed by atoms with Crippen molar-refractivity contribution in [2.24, 2.45) is 4.99 Å². The number of piperazine rings is 1. The van der Waals surface area contributed by atoms with Crippen molar-refractivity contribution in [1.82, 2.24) is 20.4 Å². The van der Waals surface area contributed by atoms with E-state index in [1.165, 1.54) is 51.3 Å². The van der Waals surface area contributed by atoms with Crippen LogP contribution < -0.4 is 20.1 Å². The van der Waals surface area contributed by atoms with Gasteiger partial charge in [-0.05, 0) is 63.9 Å². The first-order valence-corrected chi connectivity index (χ1v) is 12.0. The normalized spacial score (nSPS) is 15.7. The van der Waals surface area contributed by atoms with E-state index in [9.17, 15) is 0 Å². The first-order chi connectivity index (χ1) is 15.2. The summed E-state index contributed by atoms with van der Waals surface area (Å²) in [6.07, 6.45) is 3.28. The number of rotatable bonds is 13. The molecule has 0 amide bonds. The second-order valence-corrected chi connectivity index (χ2v) is 7.81. The monoisotopic (exact) mass is 433 g/mol. The van der Waals surface area contributed by atoms with E-state index in [0.29, 0.717) is 13.2 Å². The fourth-order valence-corrected chi connectivity index (χ4v) is 3.79. The van der Waals surface area contributed by atoms with E-state index in [-0.39, 0.29) is 0 Å². The number of hydrogen-bond donors (Lipinski definition) is 2. The Balaban J connectivity index is 1.62. The van der Waals surface area contributed by atoms with Crippen LogP contribution in [0, 0.1) is 0 Å². The fourth-order valence-electron chi connectivity index (χ4n) is 3.79. The second kappa shape index (κ2) is 14.9. The van der Waals surface area contributed by atoms with Crippen molar-refractivity contribution in [3.05, 3.63) is 23.8 Å². The smallest absolute Gasteiger partial charge is 0.190 e. The van der Waals surface area contributed by atoms with Gasteiger partial charge in [0.2, 0.25) is 0 Å². The summed E-state index contributed by atoms with van der Waals surface area (Å²) in [7, 11) is 1.83. The maximum absolute atomic E-state index is 5.72. The molecule has 0 unspecified atom stereocenters. The lowest BCUT2D eigenvalue weighted by atomic mass is 10.1. The zero-order valence-electron chi connectivity index (χ0n) is 20.1. The number of nitrogens with zero attached hydrogens (tertiary/aromatic N) is 3. The third kappa shape index (κ3) is 9.35. The highest BCUT2D eigenvalue weighted by Gasteiger charge is 2.14. The van der Waals surface area contributed by atoms with Gasteiger partial charge in [0.1, 0.15) is 0 Å². The van der Waals surface area contributed by atoms with Crippen LogP contribution in [0.4, 0.5) is 0 Å². The Morgan fingerprint density at radius 3 is 2.26 bits per heavy atom.